The Morgan fingerprint density at radius 2 is 2.17 bits per heavy atom. The van der Waals surface area contributed by atoms with E-state index in [0.29, 0.717) is 42.7 Å². The van der Waals surface area contributed by atoms with Crippen LogP contribution in [0, 0.1) is 11.4 Å². The Morgan fingerprint density at radius 3 is 2.86 bits per heavy atom. The lowest BCUT2D eigenvalue weighted by molar-refractivity contribution is -0.127. The molecule has 0 amide bonds. The standard InChI is InChI=1S/C20H23FN4O4/c1-3-28-19(26)15-16(23-25-7-6-12(2)29-18(15)25)13-4-5-14(21)22-17(13)24-8-20(9-24)10-27-11-20/h4-5,12H,3,6-11H2,1-2H3/t12-/m1/s1. The number of halogens is 1. The summed E-state index contributed by atoms with van der Waals surface area (Å²) in [5, 5.41) is 4.64. The number of anilines is 1. The molecular formula is C20H23FN4O4. The molecule has 8 nitrogen and oxygen atoms in total. The molecule has 0 aromatic carbocycles. The van der Waals surface area contributed by atoms with Crippen LogP contribution in [0.4, 0.5) is 10.2 Å². The maximum Gasteiger partial charge on any atom is 0.345 e. The van der Waals surface area contributed by atoms with Gasteiger partial charge in [0.15, 0.2) is 0 Å². The average molecular weight is 402 g/mol. The molecule has 2 fully saturated rings. The fourth-order valence-electron chi connectivity index (χ4n) is 4.18. The van der Waals surface area contributed by atoms with Gasteiger partial charge in [-0.05, 0) is 26.0 Å². The van der Waals surface area contributed by atoms with Crippen LogP contribution in [0.3, 0.4) is 0 Å². The molecule has 0 saturated carbocycles. The summed E-state index contributed by atoms with van der Waals surface area (Å²) >= 11 is 0. The smallest absolute Gasteiger partial charge is 0.345 e. The first-order chi connectivity index (χ1) is 14.0. The molecule has 1 atom stereocenters. The largest absolute Gasteiger partial charge is 0.474 e. The van der Waals surface area contributed by atoms with Crippen molar-refractivity contribution in [1.29, 1.82) is 0 Å². The van der Waals surface area contributed by atoms with Gasteiger partial charge in [-0.2, -0.15) is 9.49 Å². The lowest BCUT2D eigenvalue weighted by Gasteiger charge is -2.55. The highest BCUT2D eigenvalue weighted by atomic mass is 19.1. The second-order valence-electron chi connectivity index (χ2n) is 8.04. The molecule has 5 rings (SSSR count). The van der Waals surface area contributed by atoms with Gasteiger partial charge in [-0.1, -0.05) is 0 Å². The number of fused-ring (bicyclic) bond motifs is 1. The fraction of sp³-hybridized carbons (Fsp3) is 0.550. The van der Waals surface area contributed by atoms with Crippen molar-refractivity contribution in [2.24, 2.45) is 5.41 Å². The van der Waals surface area contributed by atoms with E-state index < -0.39 is 11.9 Å². The Morgan fingerprint density at radius 1 is 1.38 bits per heavy atom. The normalized spacial score (nSPS) is 21.8. The predicted molar refractivity (Wildman–Crippen MR) is 102 cm³/mol. The Labute approximate surface area is 167 Å². The van der Waals surface area contributed by atoms with Gasteiger partial charge >= 0.3 is 5.97 Å². The van der Waals surface area contributed by atoms with Gasteiger partial charge in [-0.15, -0.1) is 0 Å². The maximum absolute atomic E-state index is 14.0. The number of aromatic nitrogens is 3. The first-order valence-electron chi connectivity index (χ1n) is 9.94. The van der Waals surface area contributed by atoms with Crippen LogP contribution in [0.15, 0.2) is 12.1 Å². The number of rotatable bonds is 4. The van der Waals surface area contributed by atoms with Gasteiger partial charge in [0.25, 0.3) is 0 Å². The van der Waals surface area contributed by atoms with Crippen LogP contribution in [0.1, 0.15) is 30.6 Å². The van der Waals surface area contributed by atoms with Crippen molar-refractivity contribution in [3.05, 3.63) is 23.6 Å². The molecular weight excluding hydrogens is 379 g/mol. The third-order valence-electron chi connectivity index (χ3n) is 5.71. The zero-order valence-corrected chi connectivity index (χ0v) is 16.5. The van der Waals surface area contributed by atoms with E-state index in [1.165, 1.54) is 6.07 Å². The average Bonchev–Trinajstić information content (AvgIpc) is 2.98. The minimum absolute atomic E-state index is 0.0279. The van der Waals surface area contributed by atoms with Gasteiger partial charge in [0.1, 0.15) is 17.1 Å². The molecule has 3 aliphatic rings. The lowest BCUT2D eigenvalue weighted by Crippen LogP contribution is -2.66. The third kappa shape index (κ3) is 2.95. The van der Waals surface area contributed by atoms with Crippen molar-refractivity contribution in [2.45, 2.75) is 32.9 Å². The molecule has 154 valence electrons. The summed E-state index contributed by atoms with van der Waals surface area (Å²) in [4.78, 5) is 18.9. The maximum atomic E-state index is 14.0. The summed E-state index contributed by atoms with van der Waals surface area (Å²) < 4.78 is 32.3. The van der Waals surface area contributed by atoms with E-state index in [9.17, 15) is 9.18 Å². The summed E-state index contributed by atoms with van der Waals surface area (Å²) in [6, 6.07) is 2.91. The van der Waals surface area contributed by atoms with Crippen molar-refractivity contribution in [3.63, 3.8) is 0 Å². The number of aryl methyl sites for hydroxylation is 1. The summed E-state index contributed by atoms with van der Waals surface area (Å²) in [7, 11) is 0. The molecule has 5 heterocycles. The van der Waals surface area contributed by atoms with E-state index in [-0.39, 0.29) is 23.7 Å². The van der Waals surface area contributed by atoms with E-state index in [1.54, 1.807) is 17.7 Å². The van der Waals surface area contributed by atoms with E-state index >= 15 is 0 Å². The Kier molecular flexibility index (Phi) is 4.23. The van der Waals surface area contributed by atoms with Crippen LogP contribution >= 0.6 is 0 Å². The van der Waals surface area contributed by atoms with Crippen LogP contribution in [0.5, 0.6) is 5.88 Å². The fourth-order valence-corrected chi connectivity index (χ4v) is 4.18. The molecule has 2 aromatic rings. The highest BCUT2D eigenvalue weighted by molar-refractivity contribution is 6.00. The predicted octanol–water partition coefficient (Wildman–Crippen LogP) is 2.27. The van der Waals surface area contributed by atoms with Gasteiger partial charge in [0.05, 0.1) is 31.3 Å². The number of carbonyl (C=O) groups is 1. The molecule has 29 heavy (non-hydrogen) atoms. The van der Waals surface area contributed by atoms with Crippen LogP contribution in [0.2, 0.25) is 0 Å². The molecule has 3 aliphatic heterocycles. The van der Waals surface area contributed by atoms with E-state index in [2.05, 4.69) is 10.1 Å². The van der Waals surface area contributed by atoms with Crippen molar-refractivity contribution in [1.82, 2.24) is 14.8 Å². The monoisotopic (exact) mass is 402 g/mol. The Hall–Kier alpha value is -2.68. The van der Waals surface area contributed by atoms with Gasteiger partial charge in [0.2, 0.25) is 11.8 Å². The van der Waals surface area contributed by atoms with Gasteiger partial charge in [-0.25, -0.2) is 14.5 Å². The van der Waals surface area contributed by atoms with Gasteiger partial charge in [0, 0.05) is 31.6 Å². The molecule has 0 aliphatic carbocycles. The van der Waals surface area contributed by atoms with Gasteiger partial charge < -0.3 is 19.1 Å². The number of ether oxygens (including phenoxy) is 3. The SMILES string of the molecule is CCOC(=O)c1c(-c2ccc(F)nc2N2CC3(COC3)C2)nn2c1O[C@H](C)CC2. The van der Waals surface area contributed by atoms with Crippen LogP contribution in [-0.4, -0.2) is 59.7 Å². The molecule has 1 spiro atoms. The zero-order chi connectivity index (χ0) is 20.2. The summed E-state index contributed by atoms with van der Waals surface area (Å²) in [5.74, 6) is -0.182. The number of pyridine rings is 1. The minimum atomic E-state index is -0.568. The number of hydrogen-bond donors (Lipinski definition) is 0. The lowest BCUT2D eigenvalue weighted by atomic mass is 9.78. The quantitative estimate of drug-likeness (QED) is 0.573. The first kappa shape index (κ1) is 18.4. The number of hydrogen-bond acceptors (Lipinski definition) is 7. The van der Waals surface area contributed by atoms with Crippen molar-refractivity contribution < 1.29 is 23.4 Å². The first-order valence-corrected chi connectivity index (χ1v) is 9.94. The third-order valence-corrected chi connectivity index (χ3v) is 5.71. The zero-order valence-electron chi connectivity index (χ0n) is 16.5. The Balaban J connectivity index is 1.60. The second kappa shape index (κ2) is 6.69. The molecule has 0 bridgehead atoms. The topological polar surface area (TPSA) is 78.7 Å². The minimum Gasteiger partial charge on any atom is -0.474 e. The van der Waals surface area contributed by atoms with Gasteiger partial charge in [-0.3, -0.25) is 0 Å². The Bertz CT molecular complexity index is 964. The van der Waals surface area contributed by atoms with Crippen molar-refractivity contribution >= 4 is 11.8 Å². The molecule has 0 unspecified atom stereocenters. The summed E-state index contributed by atoms with van der Waals surface area (Å²) in [6.45, 7) is 7.50. The van der Waals surface area contributed by atoms with E-state index in [1.807, 2.05) is 11.8 Å². The second-order valence-corrected chi connectivity index (χ2v) is 8.04. The molecule has 0 N–H and O–H groups in total. The van der Waals surface area contributed by atoms with Crippen molar-refractivity contribution in [2.75, 3.05) is 37.8 Å². The van der Waals surface area contributed by atoms with Crippen LogP contribution < -0.4 is 9.64 Å². The highest BCUT2D eigenvalue weighted by Crippen LogP contribution is 2.44. The molecule has 2 aromatic heterocycles. The summed E-state index contributed by atoms with van der Waals surface area (Å²) in [6.07, 6.45) is 0.763. The summed E-state index contributed by atoms with van der Waals surface area (Å²) in [5.41, 5.74) is 1.43. The van der Waals surface area contributed by atoms with Crippen LogP contribution in [-0.2, 0) is 16.0 Å². The number of carbonyl (C=O) groups excluding carboxylic acids is 1. The van der Waals surface area contributed by atoms with E-state index in [4.69, 9.17) is 14.2 Å². The van der Waals surface area contributed by atoms with Crippen molar-refractivity contribution in [3.8, 4) is 17.1 Å². The molecule has 0 radical (unpaired) electrons. The highest BCUT2D eigenvalue weighted by Gasteiger charge is 2.50. The van der Waals surface area contributed by atoms with E-state index in [0.717, 1.165) is 19.5 Å². The molecule has 2 saturated heterocycles. The van der Waals surface area contributed by atoms with Crippen LogP contribution in [0.25, 0.3) is 11.3 Å². The number of nitrogens with zero attached hydrogens (tertiary/aromatic N) is 4. The number of esters is 1. The molecule has 9 heteroatoms.